The Balaban J connectivity index is 0.660. The molecule has 5 aliphatic rings. The van der Waals surface area contributed by atoms with Crippen molar-refractivity contribution in [1.29, 1.82) is 0 Å². The average molecular weight is 1420 g/mol. The molecule has 0 unspecified atom stereocenters. The van der Waals surface area contributed by atoms with Gasteiger partial charge in [0.15, 0.2) is 22.6 Å². The Bertz CT molecular complexity index is 4830. The van der Waals surface area contributed by atoms with E-state index in [9.17, 15) is 72.9 Å². The number of anilines is 3. The highest BCUT2D eigenvalue weighted by Gasteiger charge is 2.54. The molecule has 26 nitrogen and oxygen atoms in total. The van der Waals surface area contributed by atoms with Crippen LogP contribution in [0.15, 0.2) is 137 Å². The summed E-state index contributed by atoms with van der Waals surface area (Å²) in [5.41, 5.74) is 2.00. The summed E-state index contributed by atoms with van der Waals surface area (Å²) < 4.78 is 18.7. The normalized spacial score (nSPS) is 14.6. The van der Waals surface area contributed by atoms with Crippen molar-refractivity contribution in [3.63, 3.8) is 0 Å². The van der Waals surface area contributed by atoms with E-state index in [0.29, 0.717) is 51.1 Å². The monoisotopic (exact) mass is 1420 g/mol. The number of fused-ring (bicyclic) bond motifs is 8. The number of phenolic OH excluding ortho intramolecular Hbond substituents is 1. The lowest BCUT2D eigenvalue weighted by molar-refractivity contribution is -0.144. The van der Waals surface area contributed by atoms with Gasteiger partial charge < -0.3 is 70.5 Å². The summed E-state index contributed by atoms with van der Waals surface area (Å²) in [6, 6.07) is 28.3. The maximum Gasteiger partial charge on any atom is 0.340 e. The van der Waals surface area contributed by atoms with E-state index in [1.165, 1.54) is 83.8 Å². The fraction of sp³-hybridized carbons (Fsp3) is 0.289. The Hall–Kier alpha value is -11.9. The molecule has 1 spiro atoms. The summed E-state index contributed by atoms with van der Waals surface area (Å²) in [4.78, 5) is 165. The Labute approximate surface area is 594 Å². The summed E-state index contributed by atoms with van der Waals surface area (Å²) in [5.74, 6) is -7.89. The van der Waals surface area contributed by atoms with Gasteiger partial charge in [-0.3, -0.25) is 47.9 Å². The quantitative estimate of drug-likeness (QED) is 0.0121. The van der Waals surface area contributed by atoms with Crippen molar-refractivity contribution in [3.05, 3.63) is 187 Å². The van der Waals surface area contributed by atoms with Gasteiger partial charge in [-0.1, -0.05) is 50.6 Å². The molecule has 103 heavy (non-hydrogen) atoms. The van der Waals surface area contributed by atoms with Crippen LogP contribution < -0.4 is 46.5 Å². The summed E-state index contributed by atoms with van der Waals surface area (Å²) in [6.07, 6.45) is -1.31. The molecule has 1 aliphatic carbocycles. The van der Waals surface area contributed by atoms with Crippen LogP contribution in [0.4, 0.5) is 17.1 Å². The van der Waals surface area contributed by atoms with E-state index < -0.39 is 120 Å². The first kappa shape index (κ1) is 72.3. The number of nitrogens with zero attached hydrogens (tertiary/aromatic N) is 3. The molecule has 27 heteroatoms. The zero-order chi connectivity index (χ0) is 74.1. The molecule has 4 heterocycles. The number of amides is 6. The van der Waals surface area contributed by atoms with Crippen LogP contribution in [0, 0.1) is 5.41 Å². The van der Waals surface area contributed by atoms with E-state index in [2.05, 4.69) is 26.6 Å². The third-order valence-corrected chi connectivity index (χ3v) is 18.6. The number of ether oxygens (including phenoxy) is 2. The number of ketones is 2. The van der Waals surface area contributed by atoms with Crippen molar-refractivity contribution in [3.8, 4) is 39.7 Å². The lowest BCUT2D eigenvalue weighted by Gasteiger charge is -2.37. The lowest BCUT2D eigenvalue weighted by Crippen LogP contribution is -2.58. The van der Waals surface area contributed by atoms with E-state index in [0.717, 1.165) is 11.4 Å². The first-order valence-electron chi connectivity index (χ1n) is 33.0. The van der Waals surface area contributed by atoms with Gasteiger partial charge in [-0.05, 0) is 115 Å². The topological polar surface area (TPSA) is 367 Å². The number of carbonyl (C=O) groups excluding carboxylic acids is 9. The van der Waals surface area contributed by atoms with Crippen LogP contribution in [0.5, 0.6) is 17.2 Å². The third-order valence-electron chi connectivity index (χ3n) is 18.3. The molecule has 3 atom stereocenters. The molecule has 4 aliphatic heterocycles. The number of aromatic hydroxyl groups is 1. The van der Waals surface area contributed by atoms with Crippen molar-refractivity contribution >= 4 is 105 Å². The molecule has 6 aromatic carbocycles. The smallest absolute Gasteiger partial charge is 0.340 e. The number of carboxylic acid groups (broad SMARTS) is 2. The number of nitrogens with one attached hydrogen (secondary N) is 5. The Morgan fingerprint density at radius 2 is 1.34 bits per heavy atom. The Morgan fingerprint density at radius 3 is 2.00 bits per heavy atom. The van der Waals surface area contributed by atoms with Gasteiger partial charge in [0.2, 0.25) is 23.6 Å². The van der Waals surface area contributed by atoms with Crippen LogP contribution in [0.1, 0.15) is 134 Å². The Morgan fingerprint density at radius 1 is 0.680 bits per heavy atom. The number of esters is 1. The minimum Gasteiger partial charge on any atom is -0.508 e. The van der Waals surface area contributed by atoms with Gasteiger partial charge in [-0.15, -0.1) is 0 Å². The highest BCUT2D eigenvalue weighted by molar-refractivity contribution is 6.34. The van der Waals surface area contributed by atoms with Gasteiger partial charge in [-0.25, -0.2) is 9.59 Å². The number of Topliss-reactive ketones (excluding diaryl/α,β-unsaturated/α-hetero) is 2. The number of hydrogen-bond acceptors (Lipinski definition) is 18. The molecular weight excluding hydrogens is 1350 g/mol. The highest BCUT2D eigenvalue weighted by Crippen LogP contribution is 2.57. The molecule has 0 saturated carbocycles. The summed E-state index contributed by atoms with van der Waals surface area (Å²) in [5, 5.41) is 43.7. The maximum absolute atomic E-state index is 14.5. The number of carboxylic acids is 2. The highest BCUT2D eigenvalue weighted by atomic mass is 35.5. The van der Waals surface area contributed by atoms with Gasteiger partial charge in [0, 0.05) is 146 Å². The minimum atomic E-state index is -1.60. The van der Waals surface area contributed by atoms with E-state index in [1.54, 1.807) is 32.9 Å². The van der Waals surface area contributed by atoms with E-state index in [1.807, 2.05) is 74.4 Å². The number of rotatable bonds is 24. The first-order chi connectivity index (χ1) is 48.9. The van der Waals surface area contributed by atoms with Crippen molar-refractivity contribution in [2.45, 2.75) is 89.4 Å². The number of benzene rings is 7. The maximum atomic E-state index is 14.5. The molecule has 1 fully saturated rings. The number of phenols is 1. The average Bonchev–Trinajstić information content (AvgIpc) is 1.57. The van der Waals surface area contributed by atoms with E-state index in [4.69, 9.17) is 25.5 Å². The molecule has 11 rings (SSSR count). The fourth-order valence-corrected chi connectivity index (χ4v) is 13.2. The number of aliphatic carboxylic acids is 1. The zero-order valence-corrected chi connectivity index (χ0v) is 57.9. The second-order valence-electron chi connectivity index (χ2n) is 26.9. The molecule has 6 amide bonds. The van der Waals surface area contributed by atoms with Crippen molar-refractivity contribution in [2.75, 3.05) is 62.9 Å². The first-order valence-corrected chi connectivity index (χ1v) is 33.4. The number of halogens is 1. The Kier molecular flexibility index (Phi) is 20.6. The zero-order valence-electron chi connectivity index (χ0n) is 57.1. The molecule has 6 aromatic rings. The standard InChI is InChI=1S/C76H73ClN8O18/c1-75(2,3)68(82-70(95)41-14-25-55(54(77)32-41)80-65(91)38-79-69(94)40-13-22-51-50(31-40)74(100)103-76(51)52-23-15-42(83(4)5)33-62(52)102-63-34-43(84(6)7)16-24-53(63)76)72(97)85-29-9-10-57(85)71(96)81-56(37-66(92)93)59(89)26-27-64(90)78-28-8-11-58(88)39-12-19-46(49(30-39)73(98)99)67-47-20-17-44(86)35-60(47)101-61-36-45(87)18-21-48(61)67/h12-25,30-36,56-57,68,86H,8-11,26-29,37-38H2,1-7H3,(H,78,90)(H,79,94)(H,80,91)(H,81,96)(H,82,95)(H,92,93)(H,98,99)/t56-,57-,68+/m0/s1. The van der Waals surface area contributed by atoms with Gasteiger partial charge in [0.25, 0.3) is 11.8 Å². The van der Waals surface area contributed by atoms with Gasteiger partial charge in [0.1, 0.15) is 40.7 Å². The van der Waals surface area contributed by atoms with Crippen LogP contribution in [0.25, 0.3) is 33.4 Å². The van der Waals surface area contributed by atoms with Crippen LogP contribution in [0.3, 0.4) is 0 Å². The van der Waals surface area contributed by atoms with Crippen LogP contribution in [0.2, 0.25) is 5.02 Å². The van der Waals surface area contributed by atoms with Crippen molar-refractivity contribution in [2.24, 2.45) is 5.41 Å². The summed E-state index contributed by atoms with van der Waals surface area (Å²) in [7, 11) is 7.59. The predicted molar refractivity (Wildman–Crippen MR) is 379 cm³/mol. The van der Waals surface area contributed by atoms with Crippen molar-refractivity contribution in [1.82, 2.24) is 26.2 Å². The second-order valence-corrected chi connectivity index (χ2v) is 27.3. The largest absolute Gasteiger partial charge is 0.508 e. The SMILES string of the molecule is CN(C)c1ccc2c(c1)Oc1cc(N(C)C)ccc1C21OC(=O)c2cc(C(=O)NCC(=O)Nc3ccc(C(=O)N[C@H](C(=O)N4CCC[C@H]4C(=O)N[C@@H](CC(=O)O)C(=O)CCC(=O)NCCCC(=O)c4ccc(-c5c6ccc(=O)cc-6oc6cc(O)ccc56)c(C(=O)O)c4)C(C)(C)C)cc3Cl)ccc21. The molecule has 0 radical (unpaired) electrons. The number of aromatic carboxylic acids is 1. The van der Waals surface area contributed by atoms with E-state index >= 15 is 0 Å². The molecular formula is C76H73ClN8O18. The molecule has 0 aromatic heterocycles. The van der Waals surface area contributed by atoms with E-state index in [-0.39, 0.29) is 99.0 Å². The number of likely N-dealkylation sites (tertiary alicyclic amines) is 1. The second kappa shape index (κ2) is 29.3. The van der Waals surface area contributed by atoms with Gasteiger partial charge in [-0.2, -0.15) is 0 Å². The van der Waals surface area contributed by atoms with Crippen LogP contribution in [-0.4, -0.2) is 151 Å². The van der Waals surface area contributed by atoms with Crippen LogP contribution in [-0.2, 0) is 39.1 Å². The predicted octanol–water partition coefficient (Wildman–Crippen LogP) is 8.91. The molecule has 532 valence electrons. The van der Waals surface area contributed by atoms with Crippen molar-refractivity contribution < 1.29 is 82.0 Å². The van der Waals surface area contributed by atoms with Gasteiger partial charge >= 0.3 is 17.9 Å². The lowest BCUT2D eigenvalue weighted by atomic mass is 9.77. The molecule has 0 bridgehead atoms. The third kappa shape index (κ3) is 15.1. The van der Waals surface area contributed by atoms with Crippen LogP contribution >= 0.6 is 11.6 Å². The van der Waals surface area contributed by atoms with Gasteiger partial charge in [0.05, 0.1) is 40.8 Å². The number of carbonyl (C=O) groups is 11. The molecule has 1 saturated heterocycles. The molecule has 8 N–H and O–H groups in total. The summed E-state index contributed by atoms with van der Waals surface area (Å²) in [6.45, 7) is 4.58. The number of hydrogen-bond donors (Lipinski definition) is 8. The fourth-order valence-electron chi connectivity index (χ4n) is 13.0. The summed E-state index contributed by atoms with van der Waals surface area (Å²) >= 11 is 6.62. The minimum absolute atomic E-state index is 0.0117.